The smallest absolute Gasteiger partial charge is 0.337 e. The van der Waals surface area contributed by atoms with Crippen molar-refractivity contribution in [2.45, 2.75) is 6.92 Å². The van der Waals surface area contributed by atoms with Gasteiger partial charge in [0.2, 0.25) is 0 Å². The molecule has 0 saturated heterocycles. The third-order valence-corrected chi connectivity index (χ3v) is 2.76. The molecule has 2 aromatic carbocycles. The number of anilines is 2. The van der Waals surface area contributed by atoms with Crippen LogP contribution < -0.4 is 10.1 Å². The van der Waals surface area contributed by atoms with Gasteiger partial charge in [-0.3, -0.25) is 0 Å². The molecule has 4 nitrogen and oxygen atoms in total. The van der Waals surface area contributed by atoms with E-state index in [9.17, 15) is 4.79 Å². The van der Waals surface area contributed by atoms with E-state index in [1.165, 1.54) is 7.11 Å². The highest BCUT2D eigenvalue weighted by Crippen LogP contribution is 2.20. The van der Waals surface area contributed by atoms with Crippen LogP contribution in [0.5, 0.6) is 5.75 Å². The van der Waals surface area contributed by atoms with Crippen LogP contribution in [-0.2, 0) is 4.74 Å². The molecule has 2 aromatic rings. The molecule has 20 heavy (non-hydrogen) atoms. The summed E-state index contributed by atoms with van der Waals surface area (Å²) in [5.74, 6) is 0.511. The quantitative estimate of drug-likeness (QED) is 0.844. The number of ether oxygens (including phenoxy) is 2. The number of nitrogens with one attached hydrogen (secondary N) is 1. The Labute approximate surface area is 118 Å². The first-order valence-electron chi connectivity index (χ1n) is 6.41. The summed E-state index contributed by atoms with van der Waals surface area (Å²) in [7, 11) is 1.37. The standard InChI is InChI=1S/C16H17NO3/c1-3-20-15-10-8-14(9-11-15)17-13-6-4-12(5-7-13)16(18)19-2/h4-11,17H,3H2,1-2H3. The number of hydrogen-bond donors (Lipinski definition) is 1. The molecule has 0 amide bonds. The van der Waals surface area contributed by atoms with E-state index >= 15 is 0 Å². The lowest BCUT2D eigenvalue weighted by molar-refractivity contribution is 0.0601. The highest BCUT2D eigenvalue weighted by Gasteiger charge is 2.04. The van der Waals surface area contributed by atoms with Crippen LogP contribution in [0.2, 0.25) is 0 Å². The lowest BCUT2D eigenvalue weighted by Crippen LogP contribution is -2.00. The fourth-order valence-corrected chi connectivity index (χ4v) is 1.78. The molecule has 0 aromatic heterocycles. The summed E-state index contributed by atoms with van der Waals surface area (Å²) in [5.41, 5.74) is 2.39. The Hall–Kier alpha value is -2.49. The predicted octanol–water partition coefficient (Wildman–Crippen LogP) is 3.62. The zero-order valence-electron chi connectivity index (χ0n) is 11.6. The Balaban J connectivity index is 2.04. The van der Waals surface area contributed by atoms with Crippen LogP contribution in [0.15, 0.2) is 48.5 Å². The molecular formula is C16H17NO3. The minimum Gasteiger partial charge on any atom is -0.494 e. The fraction of sp³-hybridized carbons (Fsp3) is 0.188. The number of methoxy groups -OCH3 is 1. The third kappa shape index (κ3) is 3.51. The molecule has 0 aliphatic heterocycles. The number of benzene rings is 2. The van der Waals surface area contributed by atoms with E-state index in [4.69, 9.17) is 4.74 Å². The normalized spacial score (nSPS) is 9.90. The molecule has 0 bridgehead atoms. The minimum absolute atomic E-state index is 0.336. The van der Waals surface area contributed by atoms with Gasteiger partial charge in [0.1, 0.15) is 5.75 Å². The van der Waals surface area contributed by atoms with Crippen LogP contribution in [0, 0.1) is 0 Å². The van der Waals surface area contributed by atoms with Gasteiger partial charge in [0.05, 0.1) is 19.3 Å². The van der Waals surface area contributed by atoms with E-state index in [1.54, 1.807) is 12.1 Å². The molecule has 0 atom stereocenters. The van der Waals surface area contributed by atoms with Gasteiger partial charge in [0, 0.05) is 11.4 Å². The maximum atomic E-state index is 11.3. The van der Waals surface area contributed by atoms with Gasteiger partial charge < -0.3 is 14.8 Å². The van der Waals surface area contributed by atoms with Crippen LogP contribution in [0.4, 0.5) is 11.4 Å². The van der Waals surface area contributed by atoms with Crippen molar-refractivity contribution in [3.8, 4) is 5.75 Å². The molecule has 0 heterocycles. The van der Waals surface area contributed by atoms with E-state index in [0.29, 0.717) is 12.2 Å². The summed E-state index contributed by atoms with van der Waals surface area (Å²) in [5, 5.41) is 3.25. The molecule has 0 radical (unpaired) electrons. The van der Waals surface area contributed by atoms with E-state index in [2.05, 4.69) is 10.1 Å². The average molecular weight is 271 g/mol. The first kappa shape index (κ1) is 13.9. The molecular weight excluding hydrogens is 254 g/mol. The summed E-state index contributed by atoms with van der Waals surface area (Å²) in [6.07, 6.45) is 0. The number of carbonyl (C=O) groups excluding carboxylic acids is 1. The van der Waals surface area contributed by atoms with Gasteiger partial charge in [0.25, 0.3) is 0 Å². The highest BCUT2D eigenvalue weighted by molar-refractivity contribution is 5.89. The average Bonchev–Trinajstić information content (AvgIpc) is 2.49. The van der Waals surface area contributed by atoms with Gasteiger partial charge >= 0.3 is 5.97 Å². The fourth-order valence-electron chi connectivity index (χ4n) is 1.78. The molecule has 1 N–H and O–H groups in total. The molecule has 0 aliphatic carbocycles. The van der Waals surface area contributed by atoms with Crippen molar-refractivity contribution in [3.05, 3.63) is 54.1 Å². The number of rotatable bonds is 5. The van der Waals surface area contributed by atoms with Crippen LogP contribution in [-0.4, -0.2) is 19.7 Å². The summed E-state index contributed by atoms with van der Waals surface area (Å²) in [6, 6.07) is 14.8. The predicted molar refractivity (Wildman–Crippen MR) is 78.7 cm³/mol. The molecule has 0 spiro atoms. The molecule has 0 unspecified atom stereocenters. The van der Waals surface area contributed by atoms with Crippen molar-refractivity contribution in [1.82, 2.24) is 0 Å². The van der Waals surface area contributed by atoms with Crippen LogP contribution in [0.1, 0.15) is 17.3 Å². The van der Waals surface area contributed by atoms with Crippen molar-refractivity contribution in [2.75, 3.05) is 19.0 Å². The van der Waals surface area contributed by atoms with Crippen LogP contribution in [0.25, 0.3) is 0 Å². The monoisotopic (exact) mass is 271 g/mol. The lowest BCUT2D eigenvalue weighted by Gasteiger charge is -2.08. The van der Waals surface area contributed by atoms with Crippen molar-refractivity contribution in [2.24, 2.45) is 0 Å². The Kier molecular flexibility index (Phi) is 4.60. The largest absolute Gasteiger partial charge is 0.494 e. The van der Waals surface area contributed by atoms with E-state index in [0.717, 1.165) is 17.1 Å². The SMILES string of the molecule is CCOc1ccc(Nc2ccc(C(=O)OC)cc2)cc1. The summed E-state index contributed by atoms with van der Waals surface area (Å²) >= 11 is 0. The summed E-state index contributed by atoms with van der Waals surface area (Å²) < 4.78 is 10.0. The molecule has 2 rings (SSSR count). The van der Waals surface area contributed by atoms with Crippen molar-refractivity contribution in [1.29, 1.82) is 0 Å². The van der Waals surface area contributed by atoms with Crippen molar-refractivity contribution in [3.63, 3.8) is 0 Å². The van der Waals surface area contributed by atoms with Gasteiger partial charge in [-0.1, -0.05) is 0 Å². The maximum Gasteiger partial charge on any atom is 0.337 e. The Morgan fingerprint density at radius 3 is 2.05 bits per heavy atom. The molecule has 0 saturated carbocycles. The van der Waals surface area contributed by atoms with E-state index in [1.807, 2.05) is 43.3 Å². The molecule has 4 heteroatoms. The van der Waals surface area contributed by atoms with Gasteiger partial charge in [-0.15, -0.1) is 0 Å². The second-order valence-corrected chi connectivity index (χ2v) is 4.15. The molecule has 0 aliphatic rings. The van der Waals surface area contributed by atoms with Crippen LogP contribution >= 0.6 is 0 Å². The Morgan fingerprint density at radius 2 is 1.55 bits per heavy atom. The highest BCUT2D eigenvalue weighted by atomic mass is 16.5. The lowest BCUT2D eigenvalue weighted by atomic mass is 10.2. The Morgan fingerprint density at radius 1 is 1.00 bits per heavy atom. The zero-order valence-corrected chi connectivity index (χ0v) is 11.6. The molecule has 0 fully saturated rings. The minimum atomic E-state index is -0.336. The van der Waals surface area contributed by atoms with Gasteiger partial charge in [0.15, 0.2) is 0 Å². The first-order chi connectivity index (χ1) is 9.72. The summed E-state index contributed by atoms with van der Waals surface area (Å²) in [6.45, 7) is 2.61. The Bertz CT molecular complexity index is 561. The van der Waals surface area contributed by atoms with Crippen molar-refractivity contribution < 1.29 is 14.3 Å². The maximum absolute atomic E-state index is 11.3. The topological polar surface area (TPSA) is 47.6 Å². The van der Waals surface area contributed by atoms with Crippen LogP contribution in [0.3, 0.4) is 0 Å². The zero-order chi connectivity index (χ0) is 14.4. The number of esters is 1. The first-order valence-corrected chi connectivity index (χ1v) is 6.41. The van der Waals surface area contributed by atoms with Gasteiger partial charge in [-0.05, 0) is 55.5 Å². The number of carbonyl (C=O) groups is 1. The summed E-state index contributed by atoms with van der Waals surface area (Å²) in [4.78, 5) is 11.3. The van der Waals surface area contributed by atoms with Gasteiger partial charge in [-0.25, -0.2) is 4.79 Å². The van der Waals surface area contributed by atoms with E-state index in [-0.39, 0.29) is 5.97 Å². The third-order valence-electron chi connectivity index (χ3n) is 2.76. The van der Waals surface area contributed by atoms with Crippen molar-refractivity contribution >= 4 is 17.3 Å². The van der Waals surface area contributed by atoms with E-state index < -0.39 is 0 Å². The molecule has 104 valence electrons. The second-order valence-electron chi connectivity index (χ2n) is 4.15. The van der Waals surface area contributed by atoms with Gasteiger partial charge in [-0.2, -0.15) is 0 Å². The number of hydrogen-bond acceptors (Lipinski definition) is 4. The second kappa shape index (κ2) is 6.61.